The van der Waals surface area contributed by atoms with E-state index >= 15 is 0 Å². The molecular formula is C25H30N2O5S. The summed E-state index contributed by atoms with van der Waals surface area (Å²) in [6.07, 6.45) is 1.44. The van der Waals surface area contributed by atoms with Gasteiger partial charge < -0.3 is 14.6 Å². The molecule has 8 heteroatoms. The Hall–Kier alpha value is -2.23. The van der Waals surface area contributed by atoms with Gasteiger partial charge in [0.1, 0.15) is 0 Å². The first-order chi connectivity index (χ1) is 16.0. The van der Waals surface area contributed by atoms with Gasteiger partial charge in [0.15, 0.2) is 5.79 Å². The fraction of sp³-hybridized carbons (Fsp3) is 0.440. The van der Waals surface area contributed by atoms with Crippen LogP contribution in [0.5, 0.6) is 0 Å². The first kappa shape index (κ1) is 22.6. The van der Waals surface area contributed by atoms with Gasteiger partial charge in [0.05, 0.1) is 42.0 Å². The summed E-state index contributed by atoms with van der Waals surface area (Å²) in [7, 11) is -3.86. The third-order valence-corrected chi connectivity index (χ3v) is 8.72. The molecule has 0 saturated carbocycles. The van der Waals surface area contributed by atoms with Gasteiger partial charge in [-0.15, -0.1) is 0 Å². The zero-order valence-electron chi connectivity index (χ0n) is 18.8. The Labute approximate surface area is 194 Å². The van der Waals surface area contributed by atoms with Crippen LogP contribution in [0.1, 0.15) is 31.5 Å². The highest BCUT2D eigenvalue weighted by Gasteiger charge is 2.53. The smallest absolute Gasteiger partial charge is 0.268 e. The van der Waals surface area contributed by atoms with Gasteiger partial charge in [0, 0.05) is 30.8 Å². The summed E-state index contributed by atoms with van der Waals surface area (Å²) in [5.74, 6) is -0.822. The van der Waals surface area contributed by atoms with E-state index in [1.807, 2.05) is 36.4 Å². The molecule has 7 nitrogen and oxygen atoms in total. The molecule has 1 spiro atoms. The normalized spacial score (nSPS) is 23.5. The van der Waals surface area contributed by atoms with Gasteiger partial charge in [-0.1, -0.05) is 43.3 Å². The van der Waals surface area contributed by atoms with Crippen molar-refractivity contribution in [1.82, 2.24) is 8.87 Å². The molecule has 2 fully saturated rings. The van der Waals surface area contributed by atoms with Crippen LogP contribution < -0.4 is 0 Å². The van der Waals surface area contributed by atoms with E-state index in [0.717, 1.165) is 11.8 Å². The monoisotopic (exact) mass is 470 g/mol. The van der Waals surface area contributed by atoms with Gasteiger partial charge in [-0.2, -0.15) is 0 Å². The zero-order chi connectivity index (χ0) is 23.1. The fourth-order valence-corrected chi connectivity index (χ4v) is 7.15. The molecule has 176 valence electrons. The number of fused-ring (bicyclic) bond motifs is 1. The molecule has 2 aromatic carbocycles. The molecule has 3 aromatic rings. The minimum atomic E-state index is -3.86. The molecule has 0 aliphatic carbocycles. The Kier molecular flexibility index (Phi) is 6.05. The molecule has 5 rings (SSSR count). The Morgan fingerprint density at radius 3 is 2.45 bits per heavy atom. The number of aliphatic hydroxyl groups excluding tert-OH is 1. The summed E-state index contributed by atoms with van der Waals surface area (Å²) in [5.41, 5.74) is 1.32. The number of rotatable bonds is 6. The van der Waals surface area contributed by atoms with E-state index in [2.05, 4.69) is 11.8 Å². The summed E-state index contributed by atoms with van der Waals surface area (Å²) in [6, 6.07) is 17.8. The topological polar surface area (TPSA) is 81.0 Å². The lowest BCUT2D eigenvalue weighted by Crippen LogP contribution is -2.55. The Bertz CT molecular complexity index is 1220. The summed E-state index contributed by atoms with van der Waals surface area (Å²) in [4.78, 5) is 2.42. The standard InChI is InChI=1S/C25H30N2O5S/c1-2-21-24(26(14-15-28)13-12-25(21)31-16-17-32-25)23-18-19-8-6-7-11-22(19)27(23)33(29,30)20-9-4-3-5-10-20/h3-11,18,21,24,28H,2,12-17H2,1H3/t21-,24?/m0/s1. The van der Waals surface area contributed by atoms with E-state index in [9.17, 15) is 13.5 Å². The molecule has 0 bridgehead atoms. The first-order valence-electron chi connectivity index (χ1n) is 11.6. The van der Waals surface area contributed by atoms with E-state index in [1.54, 1.807) is 24.3 Å². The average molecular weight is 471 g/mol. The predicted octanol–water partition coefficient (Wildman–Crippen LogP) is 3.39. The Morgan fingerprint density at radius 2 is 1.76 bits per heavy atom. The summed E-state index contributed by atoms with van der Waals surface area (Å²) in [5, 5.41) is 10.7. The largest absolute Gasteiger partial charge is 0.395 e. The number of nitrogens with zero attached hydrogens (tertiary/aromatic N) is 2. The second-order valence-electron chi connectivity index (χ2n) is 8.69. The second kappa shape index (κ2) is 8.85. The van der Waals surface area contributed by atoms with Gasteiger partial charge in [-0.25, -0.2) is 12.4 Å². The van der Waals surface area contributed by atoms with Gasteiger partial charge in [-0.05, 0) is 30.7 Å². The molecule has 1 unspecified atom stereocenters. The first-order valence-corrected chi connectivity index (χ1v) is 13.0. The van der Waals surface area contributed by atoms with E-state index in [1.165, 1.54) is 3.97 Å². The van der Waals surface area contributed by atoms with Gasteiger partial charge >= 0.3 is 0 Å². The van der Waals surface area contributed by atoms with Crippen LogP contribution in [0.4, 0.5) is 0 Å². The lowest BCUT2D eigenvalue weighted by atomic mass is 9.80. The van der Waals surface area contributed by atoms with Crippen molar-refractivity contribution in [1.29, 1.82) is 0 Å². The molecule has 2 aliphatic heterocycles. The van der Waals surface area contributed by atoms with Crippen LogP contribution in [-0.2, 0) is 19.5 Å². The molecule has 33 heavy (non-hydrogen) atoms. The van der Waals surface area contributed by atoms with Crippen molar-refractivity contribution in [2.45, 2.75) is 36.5 Å². The number of β-amino-alcohol motifs (C(OH)–C–C–N with tert-alkyl or cyclic N) is 1. The summed E-state index contributed by atoms with van der Waals surface area (Å²) in [6.45, 7) is 4.25. The van der Waals surface area contributed by atoms with Crippen molar-refractivity contribution in [3.63, 3.8) is 0 Å². The van der Waals surface area contributed by atoms with Crippen LogP contribution in [-0.4, -0.2) is 61.1 Å². The number of hydrogen-bond donors (Lipinski definition) is 1. The lowest BCUT2D eigenvalue weighted by molar-refractivity contribution is -0.238. The summed E-state index contributed by atoms with van der Waals surface area (Å²) >= 11 is 0. The van der Waals surface area contributed by atoms with Gasteiger partial charge in [0.25, 0.3) is 10.0 Å². The van der Waals surface area contributed by atoms with Crippen LogP contribution in [0, 0.1) is 5.92 Å². The second-order valence-corrected chi connectivity index (χ2v) is 10.5. The van der Waals surface area contributed by atoms with E-state index < -0.39 is 15.8 Å². The molecule has 2 saturated heterocycles. The van der Waals surface area contributed by atoms with Crippen molar-refractivity contribution < 1.29 is 23.0 Å². The van der Waals surface area contributed by atoms with Crippen LogP contribution in [0.25, 0.3) is 10.9 Å². The van der Waals surface area contributed by atoms with Gasteiger partial charge in [-0.3, -0.25) is 4.90 Å². The van der Waals surface area contributed by atoms with Crippen LogP contribution in [0.15, 0.2) is 65.6 Å². The maximum atomic E-state index is 14.0. The van der Waals surface area contributed by atoms with E-state index in [4.69, 9.17) is 9.47 Å². The third-order valence-electron chi connectivity index (χ3n) is 6.97. The number of benzene rings is 2. The number of aromatic nitrogens is 1. The predicted molar refractivity (Wildman–Crippen MR) is 125 cm³/mol. The highest BCUT2D eigenvalue weighted by Crippen LogP contribution is 2.49. The van der Waals surface area contributed by atoms with Crippen molar-refractivity contribution in [2.75, 3.05) is 32.9 Å². The molecule has 0 amide bonds. The third kappa shape index (κ3) is 3.70. The number of ether oxygens (including phenoxy) is 2. The van der Waals surface area contributed by atoms with E-state index in [0.29, 0.717) is 43.9 Å². The van der Waals surface area contributed by atoms with Crippen LogP contribution >= 0.6 is 0 Å². The van der Waals surface area contributed by atoms with Crippen molar-refractivity contribution in [3.8, 4) is 0 Å². The highest BCUT2D eigenvalue weighted by atomic mass is 32.2. The molecule has 2 aliphatic rings. The van der Waals surface area contributed by atoms with Crippen molar-refractivity contribution in [3.05, 3.63) is 66.4 Å². The Balaban J connectivity index is 1.75. The van der Waals surface area contributed by atoms with E-state index in [-0.39, 0.29) is 23.5 Å². The molecule has 1 aromatic heterocycles. The molecule has 0 radical (unpaired) electrons. The molecule has 2 atom stereocenters. The van der Waals surface area contributed by atoms with Crippen molar-refractivity contribution in [2.24, 2.45) is 5.92 Å². The Morgan fingerprint density at radius 1 is 1.06 bits per heavy atom. The number of likely N-dealkylation sites (tertiary alicyclic amines) is 1. The molecule has 1 N–H and O–H groups in total. The number of para-hydroxylation sites is 1. The molecule has 3 heterocycles. The SMILES string of the molecule is CC[C@H]1C(c2cc3ccccc3n2S(=O)(=O)c2ccccc2)N(CCO)CCC12OCCO2. The quantitative estimate of drug-likeness (QED) is 0.595. The number of hydrogen-bond acceptors (Lipinski definition) is 6. The fourth-order valence-electron chi connectivity index (χ4n) is 5.58. The summed E-state index contributed by atoms with van der Waals surface area (Å²) < 4.78 is 41.8. The lowest BCUT2D eigenvalue weighted by Gasteiger charge is -2.49. The van der Waals surface area contributed by atoms with Crippen LogP contribution in [0.2, 0.25) is 0 Å². The maximum absolute atomic E-state index is 14.0. The maximum Gasteiger partial charge on any atom is 0.268 e. The van der Waals surface area contributed by atoms with Gasteiger partial charge in [0.2, 0.25) is 0 Å². The van der Waals surface area contributed by atoms with Crippen molar-refractivity contribution >= 4 is 20.9 Å². The number of aliphatic hydroxyl groups is 1. The highest BCUT2D eigenvalue weighted by molar-refractivity contribution is 7.90. The molecular weight excluding hydrogens is 440 g/mol. The number of piperidine rings is 1. The van der Waals surface area contributed by atoms with Crippen LogP contribution in [0.3, 0.4) is 0 Å². The average Bonchev–Trinajstić information content (AvgIpc) is 3.46. The zero-order valence-corrected chi connectivity index (χ0v) is 19.6. The minimum Gasteiger partial charge on any atom is -0.395 e. The minimum absolute atomic E-state index is 0.00663.